The van der Waals surface area contributed by atoms with Gasteiger partial charge in [0.25, 0.3) is 5.69 Å². The van der Waals surface area contributed by atoms with E-state index in [2.05, 4.69) is 38.2 Å². The summed E-state index contributed by atoms with van der Waals surface area (Å²) in [5.41, 5.74) is 4.31. The van der Waals surface area contributed by atoms with Crippen molar-refractivity contribution >= 4 is 29.2 Å². The summed E-state index contributed by atoms with van der Waals surface area (Å²) in [4.78, 5) is 29.1. The number of nitrogens with one attached hydrogen (secondary N) is 1. The van der Waals surface area contributed by atoms with Crippen molar-refractivity contribution in [2.45, 2.75) is 50.6 Å². The van der Waals surface area contributed by atoms with Crippen LogP contribution >= 0.6 is 11.8 Å². The molecule has 1 unspecified atom stereocenters. The van der Waals surface area contributed by atoms with Crippen LogP contribution in [0.1, 0.15) is 49.4 Å². The predicted molar refractivity (Wildman–Crippen MR) is 131 cm³/mol. The zero-order chi connectivity index (χ0) is 24.0. The lowest BCUT2D eigenvalue weighted by atomic mass is 9.73. The largest absolute Gasteiger partial charge is 0.328 e. The van der Waals surface area contributed by atoms with Gasteiger partial charge >= 0.3 is 0 Å². The predicted octanol–water partition coefficient (Wildman–Crippen LogP) is 5.45. The third kappa shape index (κ3) is 4.11. The second kappa shape index (κ2) is 8.39. The van der Waals surface area contributed by atoms with E-state index < -0.39 is 11.0 Å². The zero-order valence-corrected chi connectivity index (χ0v) is 20.1. The molecule has 0 spiro atoms. The summed E-state index contributed by atoms with van der Waals surface area (Å²) in [7, 11) is 0. The Morgan fingerprint density at radius 3 is 2.76 bits per heavy atom. The van der Waals surface area contributed by atoms with Gasteiger partial charge in [0.05, 0.1) is 4.92 Å². The third-order valence-corrected chi connectivity index (χ3v) is 7.21. The van der Waals surface area contributed by atoms with Gasteiger partial charge in [-0.1, -0.05) is 62.0 Å². The number of nitro groups is 1. The monoisotopic (exact) mass is 475 g/mol. The Morgan fingerprint density at radius 2 is 2.00 bits per heavy atom. The van der Waals surface area contributed by atoms with Crippen LogP contribution in [-0.4, -0.2) is 25.5 Å². The number of fused-ring (bicyclic) bond motifs is 1. The molecule has 9 heteroatoms. The number of aromatic nitrogens is 3. The van der Waals surface area contributed by atoms with Crippen LogP contribution in [0, 0.1) is 22.5 Å². The van der Waals surface area contributed by atoms with E-state index in [4.69, 9.17) is 10.1 Å². The molecule has 1 N–H and O–H groups in total. The first-order valence-corrected chi connectivity index (χ1v) is 12.1. The number of benzene rings is 2. The summed E-state index contributed by atoms with van der Waals surface area (Å²) in [6, 6.07) is 14.1. The Kier molecular flexibility index (Phi) is 5.51. The van der Waals surface area contributed by atoms with Crippen molar-refractivity contribution in [1.29, 1.82) is 0 Å². The van der Waals surface area contributed by atoms with E-state index in [-0.39, 0.29) is 16.9 Å². The van der Waals surface area contributed by atoms with Gasteiger partial charge in [0, 0.05) is 35.6 Å². The Balaban J connectivity index is 1.56. The van der Waals surface area contributed by atoms with Crippen molar-refractivity contribution in [2.75, 3.05) is 5.32 Å². The fraction of sp³-hybridized carbons (Fsp3) is 0.320. The number of thioether (sulfide) groups is 1. The molecule has 1 atom stereocenters. The van der Waals surface area contributed by atoms with Crippen LogP contribution in [-0.2, 0) is 10.5 Å². The van der Waals surface area contributed by atoms with Gasteiger partial charge in [0.1, 0.15) is 6.04 Å². The molecular weight excluding hydrogens is 450 g/mol. The van der Waals surface area contributed by atoms with Gasteiger partial charge in [-0.3, -0.25) is 14.9 Å². The van der Waals surface area contributed by atoms with Gasteiger partial charge < -0.3 is 5.32 Å². The van der Waals surface area contributed by atoms with E-state index >= 15 is 0 Å². The SMILES string of the molecule is Cc1ccccc1CSc1nc2n(n1)C(c1cccc([N+](=O)[O-])c1)C1=C(CC(C)(C)CC1=O)N2. The molecule has 5 rings (SSSR count). The van der Waals surface area contributed by atoms with Crippen molar-refractivity contribution in [3.63, 3.8) is 0 Å². The van der Waals surface area contributed by atoms with E-state index in [0.29, 0.717) is 35.1 Å². The Hall–Kier alpha value is -3.46. The molecule has 8 nitrogen and oxygen atoms in total. The molecule has 2 aromatic carbocycles. The number of ketones is 1. The third-order valence-electron chi connectivity index (χ3n) is 6.33. The van der Waals surface area contributed by atoms with Gasteiger partial charge in [0.2, 0.25) is 11.1 Å². The molecule has 2 aliphatic rings. The van der Waals surface area contributed by atoms with Crippen LogP contribution in [0.25, 0.3) is 0 Å². The van der Waals surface area contributed by atoms with Gasteiger partial charge in [-0.05, 0) is 35.4 Å². The molecule has 2 heterocycles. The molecule has 1 aromatic heterocycles. The van der Waals surface area contributed by atoms with E-state index in [9.17, 15) is 14.9 Å². The van der Waals surface area contributed by atoms with Gasteiger partial charge in [-0.25, -0.2) is 4.68 Å². The van der Waals surface area contributed by atoms with Crippen LogP contribution in [0.4, 0.5) is 11.6 Å². The van der Waals surface area contributed by atoms with Crippen molar-refractivity contribution in [3.8, 4) is 0 Å². The topological polar surface area (TPSA) is 103 Å². The first-order chi connectivity index (χ1) is 16.2. The summed E-state index contributed by atoms with van der Waals surface area (Å²) >= 11 is 1.53. The van der Waals surface area contributed by atoms with Crippen molar-refractivity contribution < 1.29 is 9.72 Å². The number of carbonyl (C=O) groups excluding carboxylic acids is 1. The maximum atomic E-state index is 13.3. The number of aryl methyl sites for hydroxylation is 1. The summed E-state index contributed by atoms with van der Waals surface area (Å²) in [5, 5.41) is 20.1. The molecule has 0 fully saturated rings. The number of hydrogen-bond acceptors (Lipinski definition) is 7. The van der Waals surface area contributed by atoms with Crippen LogP contribution < -0.4 is 5.32 Å². The second-order valence-corrected chi connectivity index (χ2v) is 10.5. The minimum Gasteiger partial charge on any atom is -0.328 e. The zero-order valence-electron chi connectivity index (χ0n) is 19.2. The number of Topliss-reactive ketones (excluding diaryl/α,β-unsaturated/α-hetero) is 1. The molecule has 34 heavy (non-hydrogen) atoms. The molecular formula is C25H25N5O3S. The molecule has 1 aliphatic carbocycles. The molecule has 3 aromatic rings. The first kappa shape index (κ1) is 22.3. The van der Waals surface area contributed by atoms with E-state index in [1.54, 1.807) is 10.7 Å². The molecule has 0 saturated carbocycles. The summed E-state index contributed by atoms with van der Waals surface area (Å²) < 4.78 is 1.70. The Bertz CT molecular complexity index is 1340. The van der Waals surface area contributed by atoms with Crippen LogP contribution in [0.5, 0.6) is 0 Å². The molecule has 0 radical (unpaired) electrons. The molecule has 174 valence electrons. The molecule has 1 aliphatic heterocycles. The van der Waals surface area contributed by atoms with Crippen molar-refractivity contribution in [3.05, 3.63) is 86.6 Å². The van der Waals surface area contributed by atoms with Gasteiger partial charge in [0.15, 0.2) is 5.78 Å². The van der Waals surface area contributed by atoms with Crippen molar-refractivity contribution in [1.82, 2.24) is 14.8 Å². The number of allylic oxidation sites excluding steroid dienone is 2. The smallest absolute Gasteiger partial charge is 0.269 e. The number of nitro benzene ring substituents is 1. The number of anilines is 1. The number of rotatable bonds is 5. The van der Waals surface area contributed by atoms with E-state index in [1.165, 1.54) is 35.0 Å². The number of hydrogen-bond donors (Lipinski definition) is 1. The van der Waals surface area contributed by atoms with Crippen LogP contribution in [0.15, 0.2) is 65.0 Å². The second-order valence-electron chi connectivity index (χ2n) is 9.59. The average Bonchev–Trinajstić information content (AvgIpc) is 3.18. The van der Waals surface area contributed by atoms with E-state index in [0.717, 1.165) is 11.4 Å². The lowest BCUT2D eigenvalue weighted by Crippen LogP contribution is -2.36. The quantitative estimate of drug-likeness (QED) is 0.297. The summed E-state index contributed by atoms with van der Waals surface area (Å²) in [5.74, 6) is 1.30. The summed E-state index contributed by atoms with van der Waals surface area (Å²) in [6.45, 7) is 6.22. The minimum atomic E-state index is -0.560. The van der Waals surface area contributed by atoms with Gasteiger partial charge in [-0.15, -0.1) is 5.10 Å². The first-order valence-electron chi connectivity index (χ1n) is 11.1. The highest BCUT2D eigenvalue weighted by Gasteiger charge is 2.42. The van der Waals surface area contributed by atoms with Crippen LogP contribution in [0.3, 0.4) is 0 Å². The highest BCUT2D eigenvalue weighted by Crippen LogP contribution is 2.46. The van der Waals surface area contributed by atoms with Crippen molar-refractivity contribution in [2.24, 2.45) is 5.41 Å². The highest BCUT2D eigenvalue weighted by atomic mass is 32.2. The lowest BCUT2D eigenvalue weighted by molar-refractivity contribution is -0.384. The fourth-order valence-electron chi connectivity index (χ4n) is 4.68. The number of non-ortho nitro benzene ring substituents is 1. The van der Waals surface area contributed by atoms with Gasteiger partial charge in [-0.2, -0.15) is 4.98 Å². The molecule has 0 amide bonds. The highest BCUT2D eigenvalue weighted by molar-refractivity contribution is 7.98. The number of nitrogens with zero attached hydrogens (tertiary/aromatic N) is 4. The molecule has 0 bridgehead atoms. The Morgan fingerprint density at radius 1 is 1.21 bits per heavy atom. The lowest BCUT2D eigenvalue weighted by Gasteiger charge is -2.38. The van der Waals surface area contributed by atoms with Crippen LogP contribution in [0.2, 0.25) is 0 Å². The maximum absolute atomic E-state index is 13.3. The Labute approximate surface area is 201 Å². The number of carbonyl (C=O) groups is 1. The standard InChI is InChI=1S/C25H25N5O3S/c1-15-7-4-5-8-17(15)14-34-24-27-23-26-19-12-25(2,3)13-20(31)21(19)22(29(23)28-24)16-9-6-10-18(11-16)30(32)33/h4-11,22H,12-14H2,1-3H3,(H,26,27,28). The maximum Gasteiger partial charge on any atom is 0.269 e. The molecule has 0 saturated heterocycles. The minimum absolute atomic E-state index is 0.0161. The van der Waals surface area contributed by atoms with E-state index in [1.807, 2.05) is 18.2 Å². The summed E-state index contributed by atoms with van der Waals surface area (Å²) in [6.07, 6.45) is 1.11. The fourth-order valence-corrected chi connectivity index (χ4v) is 5.59. The normalized spacial score (nSPS) is 18.8. The average molecular weight is 476 g/mol.